The highest BCUT2D eigenvalue weighted by Gasteiger charge is 2.35. The molecule has 0 aromatic carbocycles. The molecule has 6 nitrogen and oxygen atoms in total. The van der Waals surface area contributed by atoms with E-state index in [-0.39, 0.29) is 23.6 Å². The number of carbonyl (C=O) groups excluding carboxylic acids is 1. The summed E-state index contributed by atoms with van der Waals surface area (Å²) in [5.74, 6) is 0.800. The molecule has 0 bridgehead atoms. The molecule has 2 rings (SSSR count). The zero-order valence-electron chi connectivity index (χ0n) is 14.6. The molecule has 130 valence electrons. The van der Waals surface area contributed by atoms with E-state index >= 15 is 0 Å². The molecular weight excluding hydrogens is 294 g/mol. The molecule has 0 aliphatic heterocycles. The summed E-state index contributed by atoms with van der Waals surface area (Å²) < 4.78 is 5.15. The van der Waals surface area contributed by atoms with Crippen LogP contribution in [-0.4, -0.2) is 35.0 Å². The van der Waals surface area contributed by atoms with E-state index in [1.165, 1.54) is 0 Å². The van der Waals surface area contributed by atoms with Crippen molar-refractivity contribution in [2.75, 3.05) is 6.54 Å². The third-order valence-electron chi connectivity index (χ3n) is 5.00. The fourth-order valence-corrected chi connectivity index (χ4v) is 3.30. The van der Waals surface area contributed by atoms with Gasteiger partial charge in [0, 0.05) is 23.6 Å². The van der Waals surface area contributed by atoms with E-state index in [0.29, 0.717) is 13.0 Å². The van der Waals surface area contributed by atoms with Crippen LogP contribution in [0.15, 0.2) is 4.52 Å². The molecule has 0 radical (unpaired) electrons. The standard InChI is InChI=1S/C17H29N3O3/c1-11(9-14-12(2)20-23-13(14)3)19-16(22)18-10-17(4)8-6-5-7-15(17)21/h11,15,21H,5-10H2,1-4H3,(H2,18,19,22). The Morgan fingerprint density at radius 3 is 2.83 bits per heavy atom. The zero-order valence-corrected chi connectivity index (χ0v) is 14.6. The predicted molar refractivity (Wildman–Crippen MR) is 88.3 cm³/mol. The normalized spacial score (nSPS) is 25.9. The van der Waals surface area contributed by atoms with Gasteiger partial charge in [-0.05, 0) is 40.0 Å². The van der Waals surface area contributed by atoms with E-state index < -0.39 is 0 Å². The van der Waals surface area contributed by atoms with E-state index in [1.807, 2.05) is 27.7 Å². The van der Waals surface area contributed by atoms with Gasteiger partial charge in [-0.3, -0.25) is 0 Å². The number of hydrogen-bond acceptors (Lipinski definition) is 4. The maximum absolute atomic E-state index is 12.1. The molecule has 1 saturated carbocycles. The largest absolute Gasteiger partial charge is 0.392 e. The van der Waals surface area contributed by atoms with Gasteiger partial charge in [-0.25, -0.2) is 4.79 Å². The Balaban J connectivity index is 1.80. The first kappa shape index (κ1) is 17.8. The highest BCUT2D eigenvalue weighted by molar-refractivity contribution is 5.74. The topological polar surface area (TPSA) is 87.4 Å². The number of hydrogen-bond donors (Lipinski definition) is 3. The molecular formula is C17H29N3O3. The fraction of sp³-hybridized carbons (Fsp3) is 0.765. The second-order valence-electron chi connectivity index (χ2n) is 7.15. The van der Waals surface area contributed by atoms with Crippen molar-refractivity contribution < 1.29 is 14.4 Å². The summed E-state index contributed by atoms with van der Waals surface area (Å²) in [4.78, 5) is 12.1. The molecule has 3 atom stereocenters. The molecule has 1 aliphatic carbocycles. The van der Waals surface area contributed by atoms with Crippen molar-refractivity contribution in [3.8, 4) is 0 Å². The zero-order chi connectivity index (χ0) is 17.0. The van der Waals surface area contributed by atoms with Crippen LogP contribution in [-0.2, 0) is 6.42 Å². The van der Waals surface area contributed by atoms with Crippen LogP contribution >= 0.6 is 0 Å². The number of amides is 2. The van der Waals surface area contributed by atoms with Gasteiger partial charge in [0.05, 0.1) is 11.8 Å². The van der Waals surface area contributed by atoms with Gasteiger partial charge in [0.15, 0.2) is 0 Å². The minimum absolute atomic E-state index is 0.0177. The molecule has 1 aromatic rings. The summed E-state index contributed by atoms with van der Waals surface area (Å²) >= 11 is 0. The molecule has 2 amide bonds. The number of rotatable bonds is 5. The molecule has 1 aliphatic rings. The van der Waals surface area contributed by atoms with Crippen LogP contribution in [0.2, 0.25) is 0 Å². The second kappa shape index (κ2) is 7.34. The molecule has 3 unspecified atom stereocenters. The Morgan fingerprint density at radius 2 is 2.22 bits per heavy atom. The van der Waals surface area contributed by atoms with Crippen LogP contribution in [0.5, 0.6) is 0 Å². The van der Waals surface area contributed by atoms with Crippen LogP contribution in [0.3, 0.4) is 0 Å². The molecule has 1 heterocycles. The summed E-state index contributed by atoms with van der Waals surface area (Å²) in [6.07, 6.45) is 4.30. The number of nitrogens with one attached hydrogen (secondary N) is 2. The van der Waals surface area contributed by atoms with E-state index in [2.05, 4.69) is 15.8 Å². The minimum Gasteiger partial charge on any atom is -0.392 e. The summed E-state index contributed by atoms with van der Waals surface area (Å²) in [5, 5.41) is 20.0. The Hall–Kier alpha value is -1.56. The van der Waals surface area contributed by atoms with Gasteiger partial charge < -0.3 is 20.3 Å². The number of carbonyl (C=O) groups is 1. The maximum Gasteiger partial charge on any atom is 0.315 e. The van der Waals surface area contributed by atoms with Crippen molar-refractivity contribution in [1.29, 1.82) is 0 Å². The third kappa shape index (κ3) is 4.47. The maximum atomic E-state index is 12.1. The van der Waals surface area contributed by atoms with E-state index in [0.717, 1.165) is 42.7 Å². The highest BCUT2D eigenvalue weighted by atomic mass is 16.5. The van der Waals surface area contributed by atoms with Gasteiger partial charge in [-0.2, -0.15) is 0 Å². The van der Waals surface area contributed by atoms with Gasteiger partial charge in [0.2, 0.25) is 0 Å². The van der Waals surface area contributed by atoms with Gasteiger partial charge in [-0.1, -0.05) is 24.9 Å². The number of aliphatic hydroxyl groups excluding tert-OH is 1. The second-order valence-corrected chi connectivity index (χ2v) is 7.15. The van der Waals surface area contributed by atoms with E-state index in [1.54, 1.807) is 0 Å². The fourth-order valence-electron chi connectivity index (χ4n) is 3.30. The number of nitrogens with zero attached hydrogens (tertiary/aromatic N) is 1. The van der Waals surface area contributed by atoms with Crippen molar-refractivity contribution >= 4 is 6.03 Å². The predicted octanol–water partition coefficient (Wildman–Crippen LogP) is 2.46. The summed E-state index contributed by atoms with van der Waals surface area (Å²) in [6.45, 7) is 8.29. The number of aliphatic hydroxyl groups is 1. The van der Waals surface area contributed by atoms with Crippen molar-refractivity contribution in [3.05, 3.63) is 17.0 Å². The number of aryl methyl sites for hydroxylation is 2. The lowest BCUT2D eigenvalue weighted by Crippen LogP contribution is -2.49. The highest BCUT2D eigenvalue weighted by Crippen LogP contribution is 2.35. The van der Waals surface area contributed by atoms with Crippen LogP contribution in [0.25, 0.3) is 0 Å². The monoisotopic (exact) mass is 323 g/mol. The first-order valence-electron chi connectivity index (χ1n) is 8.46. The lowest BCUT2D eigenvalue weighted by atomic mass is 9.73. The van der Waals surface area contributed by atoms with Crippen LogP contribution in [0, 0.1) is 19.3 Å². The molecule has 0 spiro atoms. The van der Waals surface area contributed by atoms with Crippen molar-refractivity contribution in [3.63, 3.8) is 0 Å². The smallest absolute Gasteiger partial charge is 0.315 e. The molecule has 1 aromatic heterocycles. The van der Waals surface area contributed by atoms with Crippen molar-refractivity contribution in [2.45, 2.75) is 71.9 Å². The van der Waals surface area contributed by atoms with Crippen LogP contribution < -0.4 is 10.6 Å². The Kier molecular flexibility index (Phi) is 5.68. The number of aromatic nitrogens is 1. The van der Waals surface area contributed by atoms with Gasteiger partial charge in [-0.15, -0.1) is 0 Å². The average Bonchev–Trinajstić information content (AvgIpc) is 2.80. The average molecular weight is 323 g/mol. The van der Waals surface area contributed by atoms with Gasteiger partial charge in [0.1, 0.15) is 5.76 Å². The number of urea groups is 1. The van der Waals surface area contributed by atoms with Gasteiger partial charge in [0.25, 0.3) is 0 Å². The minimum atomic E-state index is -0.337. The quantitative estimate of drug-likeness (QED) is 0.777. The summed E-state index contributed by atoms with van der Waals surface area (Å²) in [5.41, 5.74) is 1.70. The van der Waals surface area contributed by atoms with Crippen molar-refractivity contribution in [2.24, 2.45) is 5.41 Å². The first-order valence-corrected chi connectivity index (χ1v) is 8.46. The third-order valence-corrected chi connectivity index (χ3v) is 5.00. The van der Waals surface area contributed by atoms with Crippen LogP contribution in [0.4, 0.5) is 4.79 Å². The summed E-state index contributed by atoms with van der Waals surface area (Å²) in [7, 11) is 0. The Labute approximate surface area is 138 Å². The van der Waals surface area contributed by atoms with Gasteiger partial charge >= 0.3 is 6.03 Å². The molecule has 23 heavy (non-hydrogen) atoms. The first-order chi connectivity index (χ1) is 10.8. The molecule has 6 heteroatoms. The van der Waals surface area contributed by atoms with Crippen molar-refractivity contribution in [1.82, 2.24) is 15.8 Å². The SMILES string of the molecule is Cc1noc(C)c1CC(C)NC(=O)NCC1(C)CCCCC1O. The molecule has 3 N–H and O–H groups in total. The van der Waals surface area contributed by atoms with Crippen LogP contribution in [0.1, 0.15) is 56.5 Å². The lowest BCUT2D eigenvalue weighted by molar-refractivity contribution is 0.00306. The van der Waals surface area contributed by atoms with E-state index in [4.69, 9.17) is 4.52 Å². The molecule has 1 fully saturated rings. The van der Waals surface area contributed by atoms with E-state index in [9.17, 15) is 9.90 Å². The lowest BCUT2D eigenvalue weighted by Gasteiger charge is -2.38. The summed E-state index contributed by atoms with van der Waals surface area (Å²) in [6, 6.07) is -0.209. The Bertz CT molecular complexity index is 524. The Morgan fingerprint density at radius 1 is 1.48 bits per heavy atom. The molecule has 0 saturated heterocycles.